The zero-order chi connectivity index (χ0) is 14.8. The number of carbonyl (C=O) groups is 1. The maximum absolute atomic E-state index is 12.4. The van der Waals surface area contributed by atoms with E-state index in [4.69, 9.17) is 0 Å². The van der Waals surface area contributed by atoms with E-state index < -0.39 is 0 Å². The van der Waals surface area contributed by atoms with Crippen LogP contribution >= 0.6 is 0 Å². The number of para-hydroxylation sites is 1. The lowest BCUT2D eigenvalue weighted by atomic mass is 10.0. The van der Waals surface area contributed by atoms with E-state index in [1.165, 1.54) is 5.56 Å². The number of benzene rings is 2. The lowest BCUT2D eigenvalue weighted by molar-refractivity contribution is 0.102. The van der Waals surface area contributed by atoms with E-state index in [2.05, 4.69) is 30.5 Å². The number of nitrogens with one attached hydrogen (secondary N) is 2. The fourth-order valence-electron chi connectivity index (χ4n) is 2.74. The van der Waals surface area contributed by atoms with Crippen molar-refractivity contribution in [2.45, 2.75) is 26.2 Å². The topological polar surface area (TPSA) is 41.1 Å². The van der Waals surface area contributed by atoms with E-state index in [9.17, 15) is 4.79 Å². The molecule has 0 saturated heterocycles. The summed E-state index contributed by atoms with van der Waals surface area (Å²) >= 11 is 0. The first-order valence-corrected chi connectivity index (χ1v) is 7.42. The Kier molecular flexibility index (Phi) is 3.65. The second kappa shape index (κ2) is 5.60. The van der Waals surface area contributed by atoms with Gasteiger partial charge < -0.3 is 10.6 Å². The first kappa shape index (κ1) is 13.7. The van der Waals surface area contributed by atoms with Crippen LogP contribution < -0.4 is 10.6 Å². The van der Waals surface area contributed by atoms with E-state index in [1.807, 2.05) is 36.4 Å². The van der Waals surface area contributed by atoms with Crippen LogP contribution in [0, 0.1) is 0 Å². The summed E-state index contributed by atoms with van der Waals surface area (Å²) in [7, 11) is 0. The first-order chi connectivity index (χ1) is 10.1. The molecule has 2 N–H and O–H groups in total. The predicted octanol–water partition coefficient (Wildman–Crippen LogP) is 4.03. The first-order valence-electron chi connectivity index (χ1n) is 7.42. The highest BCUT2D eigenvalue weighted by atomic mass is 16.1. The number of amides is 1. The molecule has 0 unspecified atom stereocenters. The van der Waals surface area contributed by atoms with Gasteiger partial charge in [0.2, 0.25) is 0 Å². The van der Waals surface area contributed by atoms with E-state index in [0.29, 0.717) is 11.5 Å². The summed E-state index contributed by atoms with van der Waals surface area (Å²) < 4.78 is 0. The Balaban J connectivity index is 1.84. The molecular weight excluding hydrogens is 260 g/mol. The molecule has 2 aromatic carbocycles. The van der Waals surface area contributed by atoms with Crippen molar-refractivity contribution in [2.75, 3.05) is 17.2 Å². The van der Waals surface area contributed by atoms with E-state index in [-0.39, 0.29) is 5.91 Å². The summed E-state index contributed by atoms with van der Waals surface area (Å²) in [5.41, 5.74) is 5.12. The summed E-state index contributed by atoms with van der Waals surface area (Å²) in [5, 5.41) is 6.34. The molecule has 0 saturated carbocycles. The fourth-order valence-corrected chi connectivity index (χ4v) is 2.74. The molecule has 0 spiro atoms. The van der Waals surface area contributed by atoms with Crippen molar-refractivity contribution in [2.24, 2.45) is 0 Å². The van der Waals surface area contributed by atoms with Crippen molar-refractivity contribution in [3.05, 3.63) is 59.2 Å². The minimum absolute atomic E-state index is 0.0559. The third-order valence-electron chi connectivity index (χ3n) is 3.91. The van der Waals surface area contributed by atoms with E-state index in [1.54, 1.807) is 0 Å². The van der Waals surface area contributed by atoms with Gasteiger partial charge in [-0.1, -0.05) is 38.1 Å². The molecule has 108 valence electrons. The van der Waals surface area contributed by atoms with Gasteiger partial charge in [-0.25, -0.2) is 0 Å². The number of hydrogen-bond donors (Lipinski definition) is 2. The molecule has 0 aromatic heterocycles. The molecule has 3 heteroatoms. The smallest absolute Gasteiger partial charge is 0.255 e. The average molecular weight is 280 g/mol. The van der Waals surface area contributed by atoms with Crippen LogP contribution in [0.1, 0.15) is 41.3 Å². The summed E-state index contributed by atoms with van der Waals surface area (Å²) in [4.78, 5) is 12.4. The van der Waals surface area contributed by atoms with E-state index >= 15 is 0 Å². The minimum atomic E-state index is -0.0559. The van der Waals surface area contributed by atoms with Gasteiger partial charge in [0.05, 0.1) is 0 Å². The Morgan fingerprint density at radius 1 is 1.19 bits per heavy atom. The summed E-state index contributed by atoms with van der Waals surface area (Å²) in [5.74, 6) is 0.322. The van der Waals surface area contributed by atoms with Crippen LogP contribution in [-0.2, 0) is 6.42 Å². The Labute approximate surface area is 125 Å². The van der Waals surface area contributed by atoms with E-state index in [0.717, 1.165) is 29.9 Å². The van der Waals surface area contributed by atoms with Crippen LogP contribution in [0.15, 0.2) is 42.5 Å². The molecule has 3 rings (SSSR count). The van der Waals surface area contributed by atoms with Crippen LogP contribution in [0.2, 0.25) is 0 Å². The normalized spacial score (nSPS) is 12.9. The molecule has 3 nitrogen and oxygen atoms in total. The molecule has 1 aliphatic rings. The van der Waals surface area contributed by atoms with Crippen molar-refractivity contribution in [3.8, 4) is 0 Å². The highest BCUT2D eigenvalue weighted by Crippen LogP contribution is 2.26. The molecule has 0 radical (unpaired) electrons. The molecule has 0 fully saturated rings. The van der Waals surface area contributed by atoms with Gasteiger partial charge in [-0.05, 0) is 41.7 Å². The van der Waals surface area contributed by atoms with Gasteiger partial charge in [0.1, 0.15) is 0 Å². The van der Waals surface area contributed by atoms with Gasteiger partial charge in [-0.3, -0.25) is 4.79 Å². The number of rotatable bonds is 3. The predicted molar refractivity (Wildman–Crippen MR) is 87.1 cm³/mol. The molecule has 1 heterocycles. The van der Waals surface area contributed by atoms with Crippen molar-refractivity contribution in [1.29, 1.82) is 0 Å². The lowest BCUT2D eigenvalue weighted by Gasteiger charge is -2.14. The summed E-state index contributed by atoms with van der Waals surface area (Å²) in [6.07, 6.45) is 1.04. The van der Waals surface area contributed by atoms with Gasteiger partial charge >= 0.3 is 0 Å². The van der Waals surface area contributed by atoms with Crippen molar-refractivity contribution in [1.82, 2.24) is 0 Å². The van der Waals surface area contributed by atoms with Gasteiger partial charge in [-0.2, -0.15) is 0 Å². The van der Waals surface area contributed by atoms with Gasteiger partial charge in [0, 0.05) is 23.5 Å². The SMILES string of the molecule is CC(C)c1ccccc1NC(=O)c1ccc2c(c1)NCC2. The average Bonchev–Trinajstić information content (AvgIpc) is 2.94. The van der Waals surface area contributed by atoms with Crippen LogP contribution in [-0.4, -0.2) is 12.5 Å². The summed E-state index contributed by atoms with van der Waals surface area (Å²) in [6, 6.07) is 13.9. The highest BCUT2D eigenvalue weighted by Gasteiger charge is 2.15. The number of hydrogen-bond acceptors (Lipinski definition) is 2. The quantitative estimate of drug-likeness (QED) is 0.891. The van der Waals surface area contributed by atoms with Crippen LogP contribution in [0.5, 0.6) is 0 Å². The molecule has 0 atom stereocenters. The Morgan fingerprint density at radius 3 is 2.81 bits per heavy atom. The second-order valence-electron chi connectivity index (χ2n) is 5.74. The van der Waals surface area contributed by atoms with Crippen molar-refractivity contribution >= 4 is 17.3 Å². The molecule has 1 amide bonds. The van der Waals surface area contributed by atoms with Gasteiger partial charge in [-0.15, -0.1) is 0 Å². The van der Waals surface area contributed by atoms with Crippen molar-refractivity contribution in [3.63, 3.8) is 0 Å². The molecule has 0 bridgehead atoms. The number of anilines is 2. The molecule has 21 heavy (non-hydrogen) atoms. The fraction of sp³-hybridized carbons (Fsp3) is 0.278. The van der Waals surface area contributed by atoms with Gasteiger partial charge in [0.15, 0.2) is 0 Å². The Morgan fingerprint density at radius 2 is 2.00 bits per heavy atom. The highest BCUT2D eigenvalue weighted by molar-refractivity contribution is 6.05. The maximum Gasteiger partial charge on any atom is 0.255 e. The lowest BCUT2D eigenvalue weighted by Crippen LogP contribution is -2.13. The third-order valence-corrected chi connectivity index (χ3v) is 3.91. The van der Waals surface area contributed by atoms with Crippen molar-refractivity contribution < 1.29 is 4.79 Å². The monoisotopic (exact) mass is 280 g/mol. The second-order valence-corrected chi connectivity index (χ2v) is 5.74. The maximum atomic E-state index is 12.4. The Bertz CT molecular complexity index is 677. The largest absolute Gasteiger partial charge is 0.384 e. The zero-order valence-electron chi connectivity index (χ0n) is 12.4. The summed E-state index contributed by atoms with van der Waals surface area (Å²) in [6.45, 7) is 5.21. The van der Waals surface area contributed by atoms with Crippen LogP contribution in [0.25, 0.3) is 0 Å². The third kappa shape index (κ3) is 2.77. The molecular formula is C18H20N2O. The van der Waals surface area contributed by atoms with Gasteiger partial charge in [0.25, 0.3) is 5.91 Å². The molecule has 0 aliphatic carbocycles. The zero-order valence-corrected chi connectivity index (χ0v) is 12.4. The molecule has 2 aromatic rings. The molecule has 1 aliphatic heterocycles. The number of carbonyl (C=O) groups excluding carboxylic acids is 1. The van der Waals surface area contributed by atoms with Crippen LogP contribution in [0.3, 0.4) is 0 Å². The number of fused-ring (bicyclic) bond motifs is 1. The standard InChI is InChI=1S/C18H20N2O/c1-12(2)15-5-3-4-6-16(15)20-18(21)14-8-7-13-9-10-19-17(13)11-14/h3-8,11-12,19H,9-10H2,1-2H3,(H,20,21). The Hall–Kier alpha value is -2.29. The van der Waals surface area contributed by atoms with Crippen LogP contribution in [0.4, 0.5) is 11.4 Å². The minimum Gasteiger partial charge on any atom is -0.384 e.